The van der Waals surface area contributed by atoms with Crippen molar-refractivity contribution < 1.29 is 9.53 Å². The molecule has 2 nitrogen and oxygen atoms in total. The first-order valence-electron chi connectivity index (χ1n) is 7.40. The summed E-state index contributed by atoms with van der Waals surface area (Å²) in [5, 5.41) is 0. The lowest BCUT2D eigenvalue weighted by Crippen LogP contribution is -2.00. The number of ether oxygens (including phenoxy) is 1. The van der Waals surface area contributed by atoms with Crippen molar-refractivity contribution in [3.8, 4) is 5.75 Å². The highest BCUT2D eigenvalue weighted by atomic mass is 35.5. The molecule has 0 fully saturated rings. The molecule has 0 atom stereocenters. The van der Waals surface area contributed by atoms with Gasteiger partial charge in [-0.3, -0.25) is 4.79 Å². The number of para-hydroxylation sites is 1. The lowest BCUT2D eigenvalue weighted by Gasteiger charge is -2.08. The highest BCUT2D eigenvalue weighted by Crippen LogP contribution is 2.29. The van der Waals surface area contributed by atoms with Gasteiger partial charge in [-0.2, -0.15) is 0 Å². The summed E-state index contributed by atoms with van der Waals surface area (Å²) in [4.78, 5) is 12.4. The van der Waals surface area contributed by atoms with Crippen LogP contribution in [0.15, 0.2) is 54.1 Å². The lowest BCUT2D eigenvalue weighted by molar-refractivity contribution is 0.104. The van der Waals surface area contributed by atoms with E-state index >= 15 is 0 Å². The first-order valence-corrected chi connectivity index (χ1v) is 7.94. The number of carbonyl (C=O) groups excluding carboxylic acids is 1. The Morgan fingerprint density at radius 1 is 1.09 bits per heavy atom. The molecular weight excluding hydrogens is 296 g/mol. The molecule has 22 heavy (non-hydrogen) atoms. The van der Waals surface area contributed by atoms with Gasteiger partial charge in [-0.25, -0.2) is 0 Å². The number of hydrogen-bond donors (Lipinski definition) is 0. The molecule has 0 bridgehead atoms. The van der Waals surface area contributed by atoms with Crippen LogP contribution < -0.4 is 4.74 Å². The standard InChI is InChI=1S/C19H17ClO2/c20-10-5-11-22-18-9-4-2-7-15(18)13-16-12-14-6-1-3-8-17(14)19(16)21/h1-4,6-9,13H,5,10-12H2/b16-13+. The summed E-state index contributed by atoms with van der Waals surface area (Å²) in [6, 6.07) is 15.6. The van der Waals surface area contributed by atoms with Crippen molar-refractivity contribution >= 4 is 23.5 Å². The van der Waals surface area contributed by atoms with E-state index < -0.39 is 0 Å². The largest absolute Gasteiger partial charge is 0.493 e. The summed E-state index contributed by atoms with van der Waals surface area (Å²) in [6.07, 6.45) is 3.43. The van der Waals surface area contributed by atoms with Crippen LogP contribution in [-0.4, -0.2) is 18.3 Å². The predicted molar refractivity (Wildman–Crippen MR) is 89.7 cm³/mol. The summed E-state index contributed by atoms with van der Waals surface area (Å²) >= 11 is 5.68. The van der Waals surface area contributed by atoms with Gasteiger partial charge in [0.2, 0.25) is 0 Å². The van der Waals surface area contributed by atoms with E-state index in [0.29, 0.717) is 18.9 Å². The molecular formula is C19H17ClO2. The Balaban J connectivity index is 1.86. The van der Waals surface area contributed by atoms with Crippen molar-refractivity contribution in [2.75, 3.05) is 12.5 Å². The van der Waals surface area contributed by atoms with Gasteiger partial charge in [0.25, 0.3) is 0 Å². The van der Waals surface area contributed by atoms with Crippen LogP contribution in [-0.2, 0) is 6.42 Å². The first-order chi connectivity index (χ1) is 10.8. The van der Waals surface area contributed by atoms with Gasteiger partial charge in [0, 0.05) is 29.0 Å². The Kier molecular flexibility index (Phi) is 4.59. The van der Waals surface area contributed by atoms with Crippen molar-refractivity contribution in [2.45, 2.75) is 12.8 Å². The fourth-order valence-corrected chi connectivity index (χ4v) is 2.74. The van der Waals surface area contributed by atoms with Gasteiger partial charge in [-0.05, 0) is 24.1 Å². The van der Waals surface area contributed by atoms with Gasteiger partial charge in [-0.15, -0.1) is 11.6 Å². The number of fused-ring (bicyclic) bond motifs is 1. The summed E-state index contributed by atoms with van der Waals surface area (Å²) in [7, 11) is 0. The summed E-state index contributed by atoms with van der Waals surface area (Å²) < 4.78 is 5.76. The third-order valence-corrected chi connectivity index (χ3v) is 3.99. The maximum absolute atomic E-state index is 12.4. The average molecular weight is 313 g/mol. The minimum atomic E-state index is 0.117. The van der Waals surface area contributed by atoms with E-state index in [1.807, 2.05) is 54.6 Å². The molecule has 3 rings (SSSR count). The molecule has 112 valence electrons. The Morgan fingerprint density at radius 3 is 2.68 bits per heavy atom. The van der Waals surface area contributed by atoms with Crippen LogP contribution in [0.2, 0.25) is 0 Å². The number of hydrogen-bond acceptors (Lipinski definition) is 2. The topological polar surface area (TPSA) is 26.3 Å². The molecule has 0 aromatic heterocycles. The Bertz CT molecular complexity index is 719. The minimum Gasteiger partial charge on any atom is -0.493 e. The molecule has 0 spiro atoms. The Labute approximate surface area is 135 Å². The minimum absolute atomic E-state index is 0.117. The molecule has 2 aromatic carbocycles. The number of ketones is 1. The Hall–Kier alpha value is -2.06. The first kappa shape index (κ1) is 14.9. The second kappa shape index (κ2) is 6.80. The van der Waals surface area contributed by atoms with E-state index in [-0.39, 0.29) is 5.78 Å². The van der Waals surface area contributed by atoms with E-state index in [0.717, 1.165) is 34.4 Å². The van der Waals surface area contributed by atoms with Crippen molar-refractivity contribution in [3.05, 3.63) is 70.8 Å². The summed E-state index contributed by atoms with van der Waals surface area (Å²) in [5.74, 6) is 1.49. The molecule has 0 saturated carbocycles. The molecule has 1 aliphatic carbocycles. The number of carbonyl (C=O) groups is 1. The van der Waals surface area contributed by atoms with Gasteiger partial charge in [-0.1, -0.05) is 42.5 Å². The van der Waals surface area contributed by atoms with Crippen LogP contribution in [0.4, 0.5) is 0 Å². The highest BCUT2D eigenvalue weighted by Gasteiger charge is 2.24. The maximum atomic E-state index is 12.4. The molecule has 3 heteroatoms. The second-order valence-corrected chi connectivity index (χ2v) is 5.64. The predicted octanol–water partition coefficient (Wildman–Crippen LogP) is 4.52. The zero-order chi connectivity index (χ0) is 15.4. The quantitative estimate of drug-likeness (QED) is 0.461. The third-order valence-electron chi connectivity index (χ3n) is 3.72. The van der Waals surface area contributed by atoms with Crippen LogP contribution in [0.1, 0.15) is 27.9 Å². The van der Waals surface area contributed by atoms with Crippen molar-refractivity contribution in [2.24, 2.45) is 0 Å². The van der Waals surface area contributed by atoms with E-state index in [9.17, 15) is 4.79 Å². The number of halogens is 1. The molecule has 0 amide bonds. The van der Waals surface area contributed by atoms with E-state index in [1.165, 1.54) is 0 Å². The molecule has 0 heterocycles. The molecule has 0 aliphatic heterocycles. The number of allylic oxidation sites excluding steroid dienone is 1. The molecule has 0 N–H and O–H groups in total. The van der Waals surface area contributed by atoms with Gasteiger partial charge < -0.3 is 4.74 Å². The lowest BCUT2D eigenvalue weighted by atomic mass is 10.1. The molecule has 0 radical (unpaired) electrons. The maximum Gasteiger partial charge on any atom is 0.189 e. The third kappa shape index (κ3) is 3.07. The number of Topliss-reactive ketones (excluding diaryl/α,β-unsaturated/α-hetero) is 1. The zero-order valence-electron chi connectivity index (χ0n) is 12.2. The SMILES string of the molecule is O=C1/C(=C/c2ccccc2OCCCCl)Cc2ccccc21. The van der Waals surface area contributed by atoms with Crippen LogP contribution in [0, 0.1) is 0 Å². The summed E-state index contributed by atoms with van der Waals surface area (Å²) in [6.45, 7) is 0.581. The van der Waals surface area contributed by atoms with Gasteiger partial charge in [0.15, 0.2) is 5.78 Å². The number of benzene rings is 2. The van der Waals surface area contributed by atoms with E-state index in [2.05, 4.69) is 0 Å². The van der Waals surface area contributed by atoms with E-state index in [4.69, 9.17) is 16.3 Å². The second-order valence-electron chi connectivity index (χ2n) is 5.26. The molecule has 0 saturated heterocycles. The zero-order valence-corrected chi connectivity index (χ0v) is 13.0. The van der Waals surface area contributed by atoms with Crippen LogP contribution >= 0.6 is 11.6 Å². The molecule has 1 aliphatic rings. The monoisotopic (exact) mass is 312 g/mol. The number of rotatable bonds is 5. The molecule has 2 aromatic rings. The normalized spacial score (nSPS) is 15.1. The van der Waals surface area contributed by atoms with E-state index in [1.54, 1.807) is 0 Å². The van der Waals surface area contributed by atoms with Gasteiger partial charge >= 0.3 is 0 Å². The summed E-state index contributed by atoms with van der Waals surface area (Å²) in [5.41, 5.74) is 3.66. The fourth-order valence-electron chi connectivity index (χ4n) is 2.63. The average Bonchev–Trinajstić information content (AvgIpc) is 2.86. The Morgan fingerprint density at radius 2 is 1.86 bits per heavy atom. The van der Waals surface area contributed by atoms with Crippen LogP contribution in [0.25, 0.3) is 6.08 Å². The van der Waals surface area contributed by atoms with Gasteiger partial charge in [0.05, 0.1) is 6.61 Å². The van der Waals surface area contributed by atoms with Crippen molar-refractivity contribution in [3.63, 3.8) is 0 Å². The molecule has 0 unspecified atom stereocenters. The fraction of sp³-hybridized carbons (Fsp3) is 0.211. The van der Waals surface area contributed by atoms with Crippen molar-refractivity contribution in [1.82, 2.24) is 0 Å². The van der Waals surface area contributed by atoms with Crippen molar-refractivity contribution in [1.29, 1.82) is 0 Å². The van der Waals surface area contributed by atoms with Crippen LogP contribution in [0.3, 0.4) is 0 Å². The van der Waals surface area contributed by atoms with Gasteiger partial charge in [0.1, 0.15) is 5.75 Å². The number of alkyl halides is 1. The van der Waals surface area contributed by atoms with Crippen LogP contribution in [0.5, 0.6) is 5.75 Å². The highest BCUT2D eigenvalue weighted by molar-refractivity contribution is 6.17. The smallest absolute Gasteiger partial charge is 0.189 e.